The van der Waals surface area contributed by atoms with Crippen LogP contribution in [0, 0.1) is 5.41 Å². The molecule has 1 aromatic carbocycles. The van der Waals surface area contributed by atoms with Crippen LogP contribution in [0.5, 0.6) is 11.5 Å². The molecule has 17 heavy (non-hydrogen) atoms. The molecule has 1 unspecified atom stereocenters. The molecule has 2 rings (SSSR count). The van der Waals surface area contributed by atoms with Gasteiger partial charge in [-0.1, -0.05) is 26.8 Å². The van der Waals surface area contributed by atoms with Crippen LogP contribution in [0.2, 0.25) is 0 Å². The third-order valence-corrected chi connectivity index (χ3v) is 3.06. The molecule has 2 N–H and O–H groups in total. The van der Waals surface area contributed by atoms with Crippen LogP contribution in [0.25, 0.3) is 0 Å². The molecule has 1 aliphatic heterocycles. The van der Waals surface area contributed by atoms with Crippen molar-refractivity contribution in [2.24, 2.45) is 11.1 Å². The first-order valence-corrected chi connectivity index (χ1v) is 6.13. The predicted molar refractivity (Wildman–Crippen MR) is 68.4 cm³/mol. The van der Waals surface area contributed by atoms with Gasteiger partial charge in [-0.05, 0) is 23.1 Å². The minimum atomic E-state index is -0.000321. The zero-order chi connectivity index (χ0) is 12.5. The van der Waals surface area contributed by atoms with E-state index in [0.717, 1.165) is 30.1 Å². The second-order valence-corrected chi connectivity index (χ2v) is 5.60. The Bertz CT molecular complexity index is 396. The van der Waals surface area contributed by atoms with Crippen molar-refractivity contribution in [3.63, 3.8) is 0 Å². The molecule has 3 nitrogen and oxygen atoms in total. The van der Waals surface area contributed by atoms with E-state index in [4.69, 9.17) is 15.2 Å². The molecule has 0 aliphatic carbocycles. The smallest absolute Gasteiger partial charge is 0.161 e. The lowest BCUT2D eigenvalue weighted by Crippen LogP contribution is -2.26. The molecule has 1 aromatic rings. The molecule has 0 fully saturated rings. The van der Waals surface area contributed by atoms with E-state index in [2.05, 4.69) is 20.8 Å². The Morgan fingerprint density at radius 3 is 2.41 bits per heavy atom. The Kier molecular flexibility index (Phi) is 3.29. The van der Waals surface area contributed by atoms with Gasteiger partial charge in [-0.2, -0.15) is 0 Å². The molecule has 0 saturated heterocycles. The molecule has 0 bridgehead atoms. The van der Waals surface area contributed by atoms with Crippen molar-refractivity contribution in [3.05, 3.63) is 23.8 Å². The second-order valence-electron chi connectivity index (χ2n) is 5.60. The topological polar surface area (TPSA) is 44.5 Å². The van der Waals surface area contributed by atoms with Gasteiger partial charge in [0.05, 0.1) is 13.2 Å². The highest BCUT2D eigenvalue weighted by molar-refractivity contribution is 5.44. The summed E-state index contributed by atoms with van der Waals surface area (Å²) >= 11 is 0. The largest absolute Gasteiger partial charge is 0.490 e. The summed E-state index contributed by atoms with van der Waals surface area (Å²) in [5.41, 5.74) is 7.39. The summed E-state index contributed by atoms with van der Waals surface area (Å²) in [4.78, 5) is 0. The van der Waals surface area contributed by atoms with Crippen LogP contribution in [0.3, 0.4) is 0 Å². The Morgan fingerprint density at radius 1 is 1.12 bits per heavy atom. The van der Waals surface area contributed by atoms with E-state index in [1.165, 1.54) is 0 Å². The summed E-state index contributed by atoms with van der Waals surface area (Å²) in [5.74, 6) is 1.65. The molecule has 1 heterocycles. The van der Waals surface area contributed by atoms with Gasteiger partial charge in [0.2, 0.25) is 0 Å². The molecule has 0 aromatic heterocycles. The third-order valence-electron chi connectivity index (χ3n) is 3.06. The van der Waals surface area contributed by atoms with Gasteiger partial charge in [-0.15, -0.1) is 0 Å². The molecular formula is C14H21NO2. The highest BCUT2D eigenvalue weighted by Gasteiger charge is 2.23. The van der Waals surface area contributed by atoms with E-state index in [9.17, 15) is 0 Å². The molecule has 0 amide bonds. The summed E-state index contributed by atoms with van der Waals surface area (Å²) in [5, 5.41) is 0. The van der Waals surface area contributed by atoms with Crippen LogP contribution in [0.4, 0.5) is 0 Å². The van der Waals surface area contributed by atoms with Crippen LogP contribution >= 0.6 is 0 Å². The van der Waals surface area contributed by atoms with Gasteiger partial charge in [0, 0.05) is 12.5 Å². The average molecular weight is 235 g/mol. The van der Waals surface area contributed by atoms with E-state index in [1.807, 2.05) is 18.2 Å². The van der Waals surface area contributed by atoms with E-state index in [-0.39, 0.29) is 11.5 Å². The van der Waals surface area contributed by atoms with Crippen molar-refractivity contribution in [1.82, 2.24) is 0 Å². The normalized spacial score (nSPS) is 17.4. The van der Waals surface area contributed by atoms with E-state index >= 15 is 0 Å². The van der Waals surface area contributed by atoms with Crippen molar-refractivity contribution in [2.45, 2.75) is 33.2 Å². The van der Waals surface area contributed by atoms with E-state index in [1.54, 1.807) is 0 Å². The number of ether oxygens (including phenoxy) is 2. The summed E-state index contributed by atoms with van der Waals surface area (Å²) in [7, 11) is 0. The number of nitrogens with two attached hydrogens (primary N) is 1. The van der Waals surface area contributed by atoms with Gasteiger partial charge in [-0.3, -0.25) is 0 Å². The van der Waals surface area contributed by atoms with Crippen LogP contribution in [0.15, 0.2) is 18.2 Å². The first-order chi connectivity index (χ1) is 7.98. The molecular weight excluding hydrogens is 214 g/mol. The zero-order valence-electron chi connectivity index (χ0n) is 10.8. The fourth-order valence-corrected chi connectivity index (χ4v) is 1.87. The number of hydrogen-bond donors (Lipinski definition) is 1. The molecule has 0 spiro atoms. The van der Waals surface area contributed by atoms with Gasteiger partial charge in [0.25, 0.3) is 0 Å². The Hall–Kier alpha value is -1.22. The lowest BCUT2D eigenvalue weighted by Gasteiger charge is -2.27. The van der Waals surface area contributed by atoms with E-state index < -0.39 is 0 Å². The SMILES string of the molecule is CC(C)(C)C(N)c1ccc2c(c1)OCCCO2. The van der Waals surface area contributed by atoms with Crippen molar-refractivity contribution in [3.8, 4) is 11.5 Å². The summed E-state index contributed by atoms with van der Waals surface area (Å²) in [6, 6.07) is 6.00. The van der Waals surface area contributed by atoms with Gasteiger partial charge in [0.1, 0.15) is 0 Å². The number of benzene rings is 1. The molecule has 0 saturated carbocycles. The highest BCUT2D eigenvalue weighted by atomic mass is 16.5. The minimum absolute atomic E-state index is 0.000321. The molecule has 94 valence electrons. The second kappa shape index (κ2) is 4.57. The minimum Gasteiger partial charge on any atom is -0.490 e. The standard InChI is InChI=1S/C14H21NO2/c1-14(2,3)13(15)10-5-6-11-12(9-10)17-8-4-7-16-11/h5-6,9,13H,4,7-8,15H2,1-3H3. The van der Waals surface area contributed by atoms with Crippen LogP contribution in [-0.4, -0.2) is 13.2 Å². The number of fused-ring (bicyclic) bond motifs is 1. The summed E-state index contributed by atoms with van der Waals surface area (Å²) in [6.07, 6.45) is 0.926. The van der Waals surface area contributed by atoms with Crippen LogP contribution in [0.1, 0.15) is 38.8 Å². The van der Waals surface area contributed by atoms with Gasteiger partial charge in [0.15, 0.2) is 11.5 Å². The van der Waals surface area contributed by atoms with Gasteiger partial charge < -0.3 is 15.2 Å². The summed E-state index contributed by atoms with van der Waals surface area (Å²) in [6.45, 7) is 7.85. The molecule has 1 atom stereocenters. The number of hydrogen-bond acceptors (Lipinski definition) is 3. The molecule has 0 radical (unpaired) electrons. The van der Waals surface area contributed by atoms with Crippen LogP contribution < -0.4 is 15.2 Å². The fourth-order valence-electron chi connectivity index (χ4n) is 1.87. The van der Waals surface area contributed by atoms with Crippen molar-refractivity contribution >= 4 is 0 Å². The molecule has 1 aliphatic rings. The summed E-state index contributed by atoms with van der Waals surface area (Å²) < 4.78 is 11.3. The van der Waals surface area contributed by atoms with Crippen molar-refractivity contribution < 1.29 is 9.47 Å². The lowest BCUT2D eigenvalue weighted by molar-refractivity contribution is 0.296. The zero-order valence-corrected chi connectivity index (χ0v) is 10.8. The number of rotatable bonds is 1. The highest BCUT2D eigenvalue weighted by Crippen LogP contribution is 2.36. The maximum atomic E-state index is 6.25. The van der Waals surface area contributed by atoms with Gasteiger partial charge in [-0.25, -0.2) is 0 Å². The quantitative estimate of drug-likeness (QED) is 0.814. The Labute approximate surface area is 103 Å². The first kappa shape index (κ1) is 12.2. The Morgan fingerprint density at radius 2 is 1.76 bits per heavy atom. The van der Waals surface area contributed by atoms with Crippen molar-refractivity contribution in [2.75, 3.05) is 13.2 Å². The third kappa shape index (κ3) is 2.72. The first-order valence-electron chi connectivity index (χ1n) is 6.13. The maximum absolute atomic E-state index is 6.25. The van der Waals surface area contributed by atoms with Crippen molar-refractivity contribution in [1.29, 1.82) is 0 Å². The average Bonchev–Trinajstić information content (AvgIpc) is 2.50. The van der Waals surface area contributed by atoms with Gasteiger partial charge >= 0.3 is 0 Å². The predicted octanol–water partition coefficient (Wildman–Crippen LogP) is 2.89. The Balaban J connectivity index is 2.29. The van der Waals surface area contributed by atoms with E-state index in [0.29, 0.717) is 6.61 Å². The van der Waals surface area contributed by atoms with Crippen LogP contribution in [-0.2, 0) is 0 Å². The monoisotopic (exact) mass is 235 g/mol. The maximum Gasteiger partial charge on any atom is 0.161 e. The lowest BCUT2D eigenvalue weighted by atomic mass is 9.83. The fraction of sp³-hybridized carbons (Fsp3) is 0.571. The molecule has 3 heteroatoms.